The van der Waals surface area contributed by atoms with E-state index in [1.807, 2.05) is 101 Å². The molecule has 0 aliphatic carbocycles. The fourth-order valence-corrected chi connectivity index (χ4v) is 4.45. The Morgan fingerprint density at radius 1 is 0.531 bits per heavy atom. The second kappa shape index (κ2) is 9.03. The van der Waals surface area contributed by atoms with Crippen LogP contribution in [0.1, 0.15) is 34.5 Å². The van der Waals surface area contributed by atoms with Crippen molar-refractivity contribution in [3.63, 3.8) is 0 Å². The van der Waals surface area contributed by atoms with Gasteiger partial charge in [0.25, 0.3) is 0 Å². The van der Waals surface area contributed by atoms with Gasteiger partial charge in [-0.25, -0.2) is 0 Å². The number of aliphatic hydroxyl groups is 2. The van der Waals surface area contributed by atoms with Gasteiger partial charge in [0.2, 0.25) is 0 Å². The van der Waals surface area contributed by atoms with Crippen LogP contribution in [0.4, 0.5) is 11.4 Å². The number of benzene rings is 4. The quantitative estimate of drug-likeness (QED) is 0.448. The molecule has 4 nitrogen and oxygen atoms in total. The van der Waals surface area contributed by atoms with Crippen LogP contribution in [-0.2, 0) is 0 Å². The topological polar surface area (TPSA) is 46.9 Å². The molecule has 2 unspecified atom stereocenters. The molecule has 0 amide bonds. The van der Waals surface area contributed by atoms with Crippen LogP contribution in [-0.4, -0.2) is 38.4 Å². The summed E-state index contributed by atoms with van der Waals surface area (Å²) in [6, 6.07) is 27.5. The average molecular weight is 427 g/mol. The number of rotatable bonds is 6. The predicted molar refractivity (Wildman–Crippen MR) is 134 cm³/mol. The summed E-state index contributed by atoms with van der Waals surface area (Å²) in [7, 11) is 7.98. The van der Waals surface area contributed by atoms with Crippen molar-refractivity contribution in [2.24, 2.45) is 0 Å². The van der Waals surface area contributed by atoms with Crippen LogP contribution >= 0.6 is 0 Å². The maximum atomic E-state index is 11.3. The monoisotopic (exact) mass is 426 g/mol. The molecule has 0 aromatic heterocycles. The predicted octanol–water partition coefficient (Wildman–Crippen LogP) is 5.14. The van der Waals surface area contributed by atoms with E-state index in [0.717, 1.165) is 44.4 Å². The molecule has 0 saturated carbocycles. The lowest BCUT2D eigenvalue weighted by Crippen LogP contribution is -2.18. The summed E-state index contributed by atoms with van der Waals surface area (Å²) in [6.07, 6.45) is -1.51. The smallest absolute Gasteiger partial charge is 0.106 e. The molecule has 0 heterocycles. The molecule has 0 spiro atoms. The van der Waals surface area contributed by atoms with Crippen LogP contribution in [0.15, 0.2) is 84.9 Å². The van der Waals surface area contributed by atoms with E-state index in [-0.39, 0.29) is 0 Å². The molecule has 0 radical (unpaired) electrons. The normalized spacial score (nSPS) is 13.1. The maximum absolute atomic E-state index is 11.3. The Bertz CT molecular complexity index is 1110. The molecular weight excluding hydrogens is 396 g/mol. The number of hydrogen-bond donors (Lipinski definition) is 2. The number of hydrogen-bond acceptors (Lipinski definition) is 4. The van der Waals surface area contributed by atoms with Crippen molar-refractivity contribution < 1.29 is 10.2 Å². The SMILES string of the molecule is CN(C)c1c(C(O)c2ccccc2)ccc2ccc(C(O)c3ccccc3)c(N(C)C)c12. The van der Waals surface area contributed by atoms with Gasteiger partial charge in [-0.15, -0.1) is 0 Å². The Morgan fingerprint density at radius 2 is 0.906 bits per heavy atom. The van der Waals surface area contributed by atoms with Crippen LogP contribution in [0.25, 0.3) is 10.8 Å². The Hall–Kier alpha value is -3.34. The molecule has 4 aromatic carbocycles. The van der Waals surface area contributed by atoms with E-state index in [4.69, 9.17) is 0 Å². The molecule has 0 aliphatic heterocycles. The average Bonchev–Trinajstić information content (AvgIpc) is 2.82. The third-order valence-electron chi connectivity index (χ3n) is 5.91. The Labute approximate surface area is 190 Å². The highest BCUT2D eigenvalue weighted by Gasteiger charge is 2.24. The van der Waals surface area contributed by atoms with Crippen molar-refractivity contribution in [2.75, 3.05) is 38.0 Å². The van der Waals surface area contributed by atoms with Gasteiger partial charge >= 0.3 is 0 Å². The highest BCUT2D eigenvalue weighted by Crippen LogP contribution is 2.44. The molecule has 4 heteroatoms. The first-order valence-corrected chi connectivity index (χ1v) is 10.8. The van der Waals surface area contributed by atoms with Gasteiger partial charge in [-0.3, -0.25) is 0 Å². The highest BCUT2D eigenvalue weighted by molar-refractivity contribution is 6.06. The number of aliphatic hydroxyl groups excluding tert-OH is 2. The largest absolute Gasteiger partial charge is 0.384 e. The lowest BCUT2D eigenvalue weighted by atomic mass is 9.91. The van der Waals surface area contributed by atoms with Crippen molar-refractivity contribution >= 4 is 22.1 Å². The zero-order valence-electron chi connectivity index (χ0n) is 19.0. The minimum atomic E-state index is -0.754. The van der Waals surface area contributed by atoms with Crippen molar-refractivity contribution in [1.82, 2.24) is 0 Å². The fraction of sp³-hybridized carbons (Fsp3) is 0.214. The number of fused-ring (bicyclic) bond motifs is 1. The van der Waals surface area contributed by atoms with Crippen LogP contribution in [0.2, 0.25) is 0 Å². The maximum Gasteiger partial charge on any atom is 0.106 e. The lowest BCUT2D eigenvalue weighted by Gasteiger charge is -2.29. The molecule has 32 heavy (non-hydrogen) atoms. The van der Waals surface area contributed by atoms with E-state index in [9.17, 15) is 10.2 Å². The van der Waals surface area contributed by atoms with Gasteiger partial charge < -0.3 is 20.0 Å². The van der Waals surface area contributed by atoms with Crippen LogP contribution in [0, 0.1) is 0 Å². The summed E-state index contributed by atoms with van der Waals surface area (Å²) in [4.78, 5) is 4.10. The Balaban J connectivity index is 2.00. The molecule has 0 fully saturated rings. The third-order valence-corrected chi connectivity index (χ3v) is 5.91. The van der Waals surface area contributed by atoms with Crippen molar-refractivity contribution in [3.8, 4) is 0 Å². The first kappa shape index (κ1) is 21.9. The standard InChI is InChI=1S/C28H30N2O2/c1-29(2)25-22(27(31)20-11-7-5-8-12-20)17-15-19-16-18-23(26(24(19)25)30(3)4)28(32)21-13-9-6-10-14-21/h5-18,27-28,31-32H,1-4H3. The fourth-order valence-electron chi connectivity index (χ4n) is 4.45. The third kappa shape index (κ3) is 3.95. The summed E-state index contributed by atoms with van der Waals surface area (Å²) >= 11 is 0. The molecule has 164 valence electrons. The summed E-state index contributed by atoms with van der Waals surface area (Å²) in [5, 5.41) is 24.6. The molecular formula is C28H30N2O2. The van der Waals surface area contributed by atoms with Crippen molar-refractivity contribution in [3.05, 3.63) is 107 Å². The number of nitrogens with zero attached hydrogens (tertiary/aromatic N) is 2. The van der Waals surface area contributed by atoms with Gasteiger partial charge in [0.15, 0.2) is 0 Å². The van der Waals surface area contributed by atoms with E-state index in [1.54, 1.807) is 0 Å². The highest BCUT2D eigenvalue weighted by atomic mass is 16.3. The zero-order valence-corrected chi connectivity index (χ0v) is 19.0. The van der Waals surface area contributed by atoms with Gasteiger partial charge in [-0.1, -0.05) is 84.9 Å². The lowest BCUT2D eigenvalue weighted by molar-refractivity contribution is 0.220. The minimum absolute atomic E-state index is 0.754. The molecule has 4 aromatic rings. The molecule has 0 bridgehead atoms. The van der Waals surface area contributed by atoms with Gasteiger partial charge in [-0.05, 0) is 16.5 Å². The zero-order chi connectivity index (χ0) is 22.8. The second-order valence-corrected chi connectivity index (χ2v) is 8.52. The van der Waals surface area contributed by atoms with Gasteiger partial charge in [0, 0.05) is 44.7 Å². The van der Waals surface area contributed by atoms with Gasteiger partial charge in [-0.2, -0.15) is 0 Å². The summed E-state index contributed by atoms with van der Waals surface area (Å²) < 4.78 is 0. The second-order valence-electron chi connectivity index (χ2n) is 8.52. The first-order valence-electron chi connectivity index (χ1n) is 10.8. The van der Waals surface area contributed by atoms with E-state index < -0.39 is 12.2 Å². The van der Waals surface area contributed by atoms with Crippen LogP contribution < -0.4 is 9.80 Å². The summed E-state index contributed by atoms with van der Waals surface area (Å²) in [6.45, 7) is 0. The minimum Gasteiger partial charge on any atom is -0.384 e. The molecule has 2 atom stereocenters. The van der Waals surface area contributed by atoms with Crippen molar-refractivity contribution in [1.29, 1.82) is 0 Å². The van der Waals surface area contributed by atoms with E-state index >= 15 is 0 Å². The van der Waals surface area contributed by atoms with E-state index in [1.165, 1.54) is 0 Å². The molecule has 2 N–H and O–H groups in total. The van der Waals surface area contributed by atoms with E-state index in [0.29, 0.717) is 0 Å². The molecule has 4 rings (SSSR count). The van der Waals surface area contributed by atoms with Crippen LogP contribution in [0.3, 0.4) is 0 Å². The number of anilines is 2. The Kier molecular flexibility index (Phi) is 6.17. The van der Waals surface area contributed by atoms with Crippen LogP contribution in [0.5, 0.6) is 0 Å². The van der Waals surface area contributed by atoms with Gasteiger partial charge in [0.1, 0.15) is 12.2 Å². The van der Waals surface area contributed by atoms with Crippen molar-refractivity contribution in [2.45, 2.75) is 12.2 Å². The summed E-state index contributed by atoms with van der Waals surface area (Å²) in [5.41, 5.74) is 5.27. The summed E-state index contributed by atoms with van der Waals surface area (Å²) in [5.74, 6) is 0. The molecule has 0 saturated heterocycles. The molecule has 0 aliphatic rings. The van der Waals surface area contributed by atoms with Gasteiger partial charge in [0.05, 0.1) is 11.4 Å². The van der Waals surface area contributed by atoms with E-state index in [2.05, 4.69) is 21.9 Å². The first-order chi connectivity index (χ1) is 15.4. The Morgan fingerprint density at radius 3 is 1.25 bits per heavy atom.